The van der Waals surface area contributed by atoms with Crippen LogP contribution in [0, 0.1) is 5.82 Å². The zero-order valence-corrected chi connectivity index (χ0v) is 8.82. The van der Waals surface area contributed by atoms with E-state index in [-0.39, 0.29) is 17.5 Å². The molecule has 1 aromatic carbocycles. The Balaban J connectivity index is 2.34. The number of amides is 1. The molecule has 0 bridgehead atoms. The van der Waals surface area contributed by atoms with Crippen molar-refractivity contribution in [2.24, 2.45) is 0 Å². The molecular weight excluding hydrogens is 220 g/mol. The highest BCUT2D eigenvalue weighted by atomic mass is 32.2. The van der Waals surface area contributed by atoms with Gasteiger partial charge in [0.05, 0.1) is 12.4 Å². The Morgan fingerprint density at radius 1 is 1.33 bits per heavy atom. The second-order valence-corrected chi connectivity index (χ2v) is 3.90. The standard InChI is InChI=1S/C10H11F2NOS/c11-5-6-15-7-10(14)13-9-3-1-8(12)2-4-9/h1-4H,5-7H2,(H,13,14). The van der Waals surface area contributed by atoms with Crippen LogP contribution in [0.15, 0.2) is 24.3 Å². The van der Waals surface area contributed by atoms with Crippen molar-refractivity contribution in [3.63, 3.8) is 0 Å². The Morgan fingerprint density at radius 2 is 2.00 bits per heavy atom. The van der Waals surface area contributed by atoms with Crippen molar-refractivity contribution >= 4 is 23.4 Å². The molecule has 0 spiro atoms. The predicted molar refractivity (Wildman–Crippen MR) is 58.3 cm³/mol. The lowest BCUT2D eigenvalue weighted by Crippen LogP contribution is -2.14. The lowest BCUT2D eigenvalue weighted by atomic mass is 10.3. The van der Waals surface area contributed by atoms with E-state index >= 15 is 0 Å². The van der Waals surface area contributed by atoms with Crippen molar-refractivity contribution < 1.29 is 13.6 Å². The van der Waals surface area contributed by atoms with E-state index in [2.05, 4.69) is 5.32 Å². The summed E-state index contributed by atoms with van der Waals surface area (Å²) in [4.78, 5) is 11.2. The van der Waals surface area contributed by atoms with E-state index in [4.69, 9.17) is 0 Å². The van der Waals surface area contributed by atoms with Crippen LogP contribution >= 0.6 is 11.8 Å². The Kier molecular flexibility index (Phi) is 5.10. The largest absolute Gasteiger partial charge is 0.325 e. The number of hydrogen-bond acceptors (Lipinski definition) is 2. The first kappa shape index (κ1) is 12.0. The molecule has 0 aliphatic carbocycles. The minimum Gasteiger partial charge on any atom is -0.325 e. The number of carbonyl (C=O) groups excluding carboxylic acids is 1. The maximum absolute atomic E-state index is 12.5. The number of rotatable bonds is 5. The summed E-state index contributed by atoms with van der Waals surface area (Å²) < 4.78 is 24.2. The Labute approximate surface area is 91.1 Å². The van der Waals surface area contributed by atoms with E-state index < -0.39 is 6.67 Å². The van der Waals surface area contributed by atoms with Gasteiger partial charge < -0.3 is 5.32 Å². The Morgan fingerprint density at radius 3 is 2.60 bits per heavy atom. The highest BCUT2D eigenvalue weighted by molar-refractivity contribution is 7.99. The number of anilines is 1. The molecular formula is C10H11F2NOS. The van der Waals surface area contributed by atoms with Crippen LogP contribution in [0.1, 0.15) is 0 Å². The molecule has 0 aliphatic rings. The van der Waals surface area contributed by atoms with Crippen LogP contribution in [0.5, 0.6) is 0 Å². The topological polar surface area (TPSA) is 29.1 Å². The zero-order chi connectivity index (χ0) is 11.1. The summed E-state index contributed by atoms with van der Waals surface area (Å²) in [6.45, 7) is -0.436. The summed E-state index contributed by atoms with van der Waals surface area (Å²) >= 11 is 1.22. The fraction of sp³-hybridized carbons (Fsp3) is 0.300. The molecule has 0 radical (unpaired) electrons. The summed E-state index contributed by atoms with van der Waals surface area (Å²) in [5.74, 6) is -0.0298. The SMILES string of the molecule is O=C(CSCCF)Nc1ccc(F)cc1. The molecule has 0 saturated carbocycles. The van der Waals surface area contributed by atoms with Crippen molar-refractivity contribution in [1.82, 2.24) is 0 Å². The summed E-state index contributed by atoms with van der Waals surface area (Å²) in [5.41, 5.74) is 0.544. The van der Waals surface area contributed by atoms with Gasteiger partial charge in [0.2, 0.25) is 5.91 Å². The van der Waals surface area contributed by atoms with Gasteiger partial charge >= 0.3 is 0 Å². The third kappa shape index (κ3) is 4.78. The molecule has 1 amide bonds. The summed E-state index contributed by atoms with van der Waals surface area (Å²) in [5, 5.41) is 2.58. The van der Waals surface area contributed by atoms with Gasteiger partial charge in [0.1, 0.15) is 5.82 Å². The van der Waals surface area contributed by atoms with Gasteiger partial charge in [-0.3, -0.25) is 9.18 Å². The van der Waals surface area contributed by atoms with E-state index in [0.717, 1.165) is 0 Å². The van der Waals surface area contributed by atoms with E-state index in [9.17, 15) is 13.6 Å². The van der Waals surface area contributed by atoms with Gasteiger partial charge in [-0.05, 0) is 24.3 Å². The quantitative estimate of drug-likeness (QED) is 0.789. The maximum atomic E-state index is 12.5. The fourth-order valence-corrected chi connectivity index (χ4v) is 1.46. The van der Waals surface area contributed by atoms with Crippen LogP contribution in [0.3, 0.4) is 0 Å². The minimum absolute atomic E-state index is 0.208. The van der Waals surface area contributed by atoms with Gasteiger partial charge in [-0.1, -0.05) is 0 Å². The molecule has 0 aliphatic heterocycles. The van der Waals surface area contributed by atoms with Crippen LogP contribution in [0.2, 0.25) is 0 Å². The average Bonchev–Trinajstić information content (AvgIpc) is 2.22. The van der Waals surface area contributed by atoms with Crippen molar-refractivity contribution in [2.45, 2.75) is 0 Å². The second kappa shape index (κ2) is 6.40. The highest BCUT2D eigenvalue weighted by Gasteiger charge is 2.02. The molecule has 1 rings (SSSR count). The van der Waals surface area contributed by atoms with Crippen LogP contribution in [-0.2, 0) is 4.79 Å². The van der Waals surface area contributed by atoms with E-state index in [1.807, 2.05) is 0 Å². The Bertz CT molecular complexity index is 316. The molecule has 0 atom stereocenters. The molecule has 0 heterocycles. The number of hydrogen-bond donors (Lipinski definition) is 1. The van der Waals surface area contributed by atoms with Crippen molar-refractivity contribution in [2.75, 3.05) is 23.5 Å². The van der Waals surface area contributed by atoms with Crippen LogP contribution < -0.4 is 5.32 Å². The molecule has 1 aromatic rings. The van der Waals surface area contributed by atoms with Crippen molar-refractivity contribution in [1.29, 1.82) is 0 Å². The summed E-state index contributed by atoms with van der Waals surface area (Å²) in [7, 11) is 0. The molecule has 5 heteroatoms. The molecule has 15 heavy (non-hydrogen) atoms. The smallest absolute Gasteiger partial charge is 0.234 e. The number of benzene rings is 1. The molecule has 0 saturated heterocycles. The third-order valence-electron chi connectivity index (χ3n) is 1.58. The molecule has 82 valence electrons. The number of halogens is 2. The molecule has 0 fully saturated rings. The first-order chi connectivity index (χ1) is 7.22. The van der Waals surface area contributed by atoms with E-state index in [0.29, 0.717) is 11.4 Å². The normalized spacial score (nSPS) is 10.0. The predicted octanol–water partition coefficient (Wildman–Crippen LogP) is 2.47. The van der Waals surface area contributed by atoms with Gasteiger partial charge in [-0.2, -0.15) is 0 Å². The van der Waals surface area contributed by atoms with Crippen LogP contribution in [-0.4, -0.2) is 24.1 Å². The third-order valence-corrected chi connectivity index (χ3v) is 2.49. The molecule has 0 unspecified atom stereocenters. The Hall–Kier alpha value is -1.10. The van der Waals surface area contributed by atoms with Crippen LogP contribution in [0.25, 0.3) is 0 Å². The first-order valence-corrected chi connectivity index (χ1v) is 5.57. The monoisotopic (exact) mass is 231 g/mol. The lowest BCUT2D eigenvalue weighted by Gasteiger charge is -2.03. The minimum atomic E-state index is -0.436. The number of carbonyl (C=O) groups is 1. The summed E-state index contributed by atoms with van der Waals surface area (Å²) in [6.07, 6.45) is 0. The molecule has 0 aromatic heterocycles. The fourth-order valence-electron chi connectivity index (χ4n) is 0.950. The van der Waals surface area contributed by atoms with Gasteiger partial charge in [0.15, 0.2) is 0 Å². The van der Waals surface area contributed by atoms with Gasteiger partial charge in [0.25, 0.3) is 0 Å². The van der Waals surface area contributed by atoms with Crippen molar-refractivity contribution in [3.05, 3.63) is 30.1 Å². The number of nitrogens with one attached hydrogen (secondary N) is 1. The van der Waals surface area contributed by atoms with Crippen molar-refractivity contribution in [3.8, 4) is 0 Å². The molecule has 1 N–H and O–H groups in total. The second-order valence-electron chi connectivity index (χ2n) is 2.80. The maximum Gasteiger partial charge on any atom is 0.234 e. The summed E-state index contributed by atoms with van der Waals surface area (Å²) in [6, 6.07) is 5.49. The lowest BCUT2D eigenvalue weighted by molar-refractivity contribution is -0.113. The highest BCUT2D eigenvalue weighted by Crippen LogP contribution is 2.09. The van der Waals surface area contributed by atoms with Crippen LogP contribution in [0.4, 0.5) is 14.5 Å². The van der Waals surface area contributed by atoms with Gasteiger partial charge in [0, 0.05) is 11.4 Å². The average molecular weight is 231 g/mol. The van der Waals surface area contributed by atoms with E-state index in [1.54, 1.807) is 0 Å². The van der Waals surface area contributed by atoms with Gasteiger partial charge in [-0.15, -0.1) is 11.8 Å². The number of thioether (sulfide) groups is 1. The van der Waals surface area contributed by atoms with E-state index in [1.165, 1.54) is 36.0 Å². The molecule has 2 nitrogen and oxygen atoms in total. The number of alkyl halides is 1. The zero-order valence-electron chi connectivity index (χ0n) is 8.00. The van der Waals surface area contributed by atoms with Gasteiger partial charge in [-0.25, -0.2) is 4.39 Å². The first-order valence-electron chi connectivity index (χ1n) is 4.41.